The van der Waals surface area contributed by atoms with E-state index >= 15 is 0 Å². The monoisotopic (exact) mass is 335 g/mol. The number of nitrogens with zero attached hydrogens (tertiary/aromatic N) is 1. The van der Waals surface area contributed by atoms with E-state index in [1.807, 2.05) is 49.4 Å². The number of amides is 1. The fourth-order valence-corrected chi connectivity index (χ4v) is 2.87. The molecule has 0 aliphatic heterocycles. The molecule has 0 spiro atoms. The number of carbonyl (C=O) groups excluding carboxylic acids is 1. The molecular formula is C20H21N3O2. The third-order valence-electron chi connectivity index (χ3n) is 4.26. The Kier molecular flexibility index (Phi) is 4.93. The predicted octanol–water partition coefficient (Wildman–Crippen LogP) is 3.37. The highest BCUT2D eigenvalue weighted by Crippen LogP contribution is 2.21. The Labute approximate surface area is 146 Å². The molecule has 0 saturated carbocycles. The van der Waals surface area contributed by atoms with Crippen LogP contribution in [0.25, 0.3) is 11.0 Å². The van der Waals surface area contributed by atoms with E-state index in [1.165, 1.54) is 0 Å². The van der Waals surface area contributed by atoms with Gasteiger partial charge in [-0.2, -0.15) is 0 Å². The molecule has 0 aliphatic carbocycles. The van der Waals surface area contributed by atoms with E-state index in [2.05, 4.69) is 22.2 Å². The summed E-state index contributed by atoms with van der Waals surface area (Å²) >= 11 is 0. The number of benzene rings is 2. The predicted molar refractivity (Wildman–Crippen MR) is 99.9 cm³/mol. The molecule has 1 heterocycles. The molecule has 5 heteroatoms. The molecule has 2 aromatic carbocycles. The lowest BCUT2D eigenvalue weighted by Gasteiger charge is -2.12. The number of rotatable bonds is 5. The molecule has 0 fully saturated rings. The molecule has 128 valence electrons. The van der Waals surface area contributed by atoms with E-state index in [-0.39, 0.29) is 17.9 Å². The summed E-state index contributed by atoms with van der Waals surface area (Å²) in [4.78, 5) is 31.6. The summed E-state index contributed by atoms with van der Waals surface area (Å²) in [5, 5.41) is 2.98. The van der Waals surface area contributed by atoms with Crippen LogP contribution in [0.4, 0.5) is 5.69 Å². The van der Waals surface area contributed by atoms with Gasteiger partial charge in [-0.25, -0.2) is 4.98 Å². The minimum Gasteiger partial charge on any atom is -0.326 e. The van der Waals surface area contributed by atoms with Crippen LogP contribution in [0, 0.1) is 6.92 Å². The van der Waals surface area contributed by atoms with E-state index in [9.17, 15) is 9.59 Å². The molecule has 3 aromatic rings. The molecule has 1 aromatic heterocycles. The molecule has 3 rings (SSSR count). The largest absolute Gasteiger partial charge is 0.326 e. The van der Waals surface area contributed by atoms with Crippen LogP contribution in [0.5, 0.6) is 0 Å². The van der Waals surface area contributed by atoms with Crippen LogP contribution >= 0.6 is 0 Å². The zero-order valence-electron chi connectivity index (χ0n) is 14.4. The summed E-state index contributed by atoms with van der Waals surface area (Å²) in [5.41, 5.74) is 4.59. The number of aryl methyl sites for hydroxylation is 3. The van der Waals surface area contributed by atoms with Gasteiger partial charge >= 0.3 is 0 Å². The lowest BCUT2D eigenvalue weighted by molar-refractivity contribution is -0.116. The second kappa shape index (κ2) is 7.30. The summed E-state index contributed by atoms with van der Waals surface area (Å²) in [6.45, 7) is 4.04. The smallest absolute Gasteiger partial charge is 0.270 e. The van der Waals surface area contributed by atoms with Gasteiger partial charge in [0, 0.05) is 18.5 Å². The first kappa shape index (κ1) is 16.9. The summed E-state index contributed by atoms with van der Waals surface area (Å²) in [6, 6.07) is 13.3. The number of para-hydroxylation sites is 3. The molecule has 0 bridgehead atoms. The van der Waals surface area contributed by atoms with Gasteiger partial charge in [0.2, 0.25) is 5.91 Å². The average Bonchev–Trinajstić information content (AvgIpc) is 2.61. The van der Waals surface area contributed by atoms with Gasteiger partial charge in [-0.15, -0.1) is 0 Å². The van der Waals surface area contributed by atoms with Crippen molar-refractivity contribution in [3.05, 3.63) is 69.6 Å². The van der Waals surface area contributed by atoms with E-state index in [1.54, 1.807) is 0 Å². The van der Waals surface area contributed by atoms with Crippen LogP contribution in [0.2, 0.25) is 0 Å². The highest BCUT2D eigenvalue weighted by molar-refractivity contribution is 5.92. The fraction of sp³-hybridized carbons (Fsp3) is 0.250. The standard InChI is InChI=1S/C20H21N3O2/c1-3-14-8-6-7-13(2)19(14)23-18(24)12-11-17-20(25)22-16-10-5-4-9-15(16)21-17/h4-10H,3,11-12H2,1-2H3,(H,22,25)(H,23,24). The third-order valence-corrected chi connectivity index (χ3v) is 4.26. The summed E-state index contributed by atoms with van der Waals surface area (Å²) in [6.07, 6.45) is 1.37. The highest BCUT2D eigenvalue weighted by Gasteiger charge is 2.11. The van der Waals surface area contributed by atoms with Crippen LogP contribution in [0.3, 0.4) is 0 Å². The second-order valence-electron chi connectivity index (χ2n) is 6.04. The molecule has 2 N–H and O–H groups in total. The van der Waals surface area contributed by atoms with Crippen molar-refractivity contribution in [3.8, 4) is 0 Å². The molecule has 0 unspecified atom stereocenters. The van der Waals surface area contributed by atoms with E-state index in [0.717, 1.165) is 28.8 Å². The first-order chi connectivity index (χ1) is 12.1. The maximum absolute atomic E-state index is 12.3. The quantitative estimate of drug-likeness (QED) is 0.751. The lowest BCUT2D eigenvalue weighted by Crippen LogP contribution is -2.19. The first-order valence-corrected chi connectivity index (χ1v) is 8.44. The average molecular weight is 335 g/mol. The van der Waals surface area contributed by atoms with Gasteiger partial charge < -0.3 is 10.3 Å². The van der Waals surface area contributed by atoms with E-state index in [4.69, 9.17) is 0 Å². The fourth-order valence-electron chi connectivity index (χ4n) is 2.87. The maximum Gasteiger partial charge on any atom is 0.270 e. The number of carbonyl (C=O) groups is 1. The van der Waals surface area contributed by atoms with Gasteiger partial charge in [0.1, 0.15) is 5.69 Å². The van der Waals surface area contributed by atoms with Gasteiger partial charge in [0.15, 0.2) is 0 Å². The summed E-state index contributed by atoms with van der Waals surface area (Å²) in [7, 11) is 0. The minimum atomic E-state index is -0.239. The minimum absolute atomic E-state index is 0.113. The first-order valence-electron chi connectivity index (χ1n) is 8.44. The Bertz CT molecular complexity index is 976. The van der Waals surface area contributed by atoms with E-state index in [0.29, 0.717) is 17.6 Å². The van der Waals surface area contributed by atoms with E-state index < -0.39 is 0 Å². The molecule has 1 amide bonds. The number of fused-ring (bicyclic) bond motifs is 1. The molecule has 0 aliphatic rings. The highest BCUT2D eigenvalue weighted by atomic mass is 16.1. The van der Waals surface area contributed by atoms with Crippen molar-refractivity contribution < 1.29 is 4.79 Å². The normalized spacial score (nSPS) is 10.8. The van der Waals surface area contributed by atoms with Crippen LogP contribution in [0.1, 0.15) is 30.2 Å². The van der Waals surface area contributed by atoms with Gasteiger partial charge in [-0.05, 0) is 36.6 Å². The molecular weight excluding hydrogens is 314 g/mol. The molecule has 25 heavy (non-hydrogen) atoms. The number of aromatic nitrogens is 2. The van der Waals surface area contributed by atoms with Crippen molar-refractivity contribution in [3.63, 3.8) is 0 Å². The van der Waals surface area contributed by atoms with Crippen molar-refractivity contribution >= 4 is 22.6 Å². The van der Waals surface area contributed by atoms with Crippen LogP contribution in [-0.2, 0) is 17.6 Å². The number of anilines is 1. The summed E-state index contributed by atoms with van der Waals surface area (Å²) < 4.78 is 0. The lowest BCUT2D eigenvalue weighted by atomic mass is 10.1. The van der Waals surface area contributed by atoms with Crippen LogP contribution in [-0.4, -0.2) is 15.9 Å². The Morgan fingerprint density at radius 3 is 2.76 bits per heavy atom. The van der Waals surface area contributed by atoms with Gasteiger partial charge in [-0.1, -0.05) is 37.3 Å². The Morgan fingerprint density at radius 1 is 1.16 bits per heavy atom. The number of H-pyrrole nitrogens is 1. The summed E-state index contributed by atoms with van der Waals surface area (Å²) in [5.74, 6) is -0.113. The van der Waals surface area contributed by atoms with Crippen molar-refractivity contribution in [1.82, 2.24) is 9.97 Å². The van der Waals surface area contributed by atoms with Gasteiger partial charge in [-0.3, -0.25) is 9.59 Å². The van der Waals surface area contributed by atoms with Crippen molar-refractivity contribution in [2.75, 3.05) is 5.32 Å². The van der Waals surface area contributed by atoms with Crippen LogP contribution in [0.15, 0.2) is 47.3 Å². The van der Waals surface area contributed by atoms with Crippen molar-refractivity contribution in [1.29, 1.82) is 0 Å². The zero-order chi connectivity index (χ0) is 17.8. The molecule has 0 radical (unpaired) electrons. The Balaban J connectivity index is 1.73. The van der Waals surface area contributed by atoms with Gasteiger partial charge in [0.05, 0.1) is 11.0 Å². The zero-order valence-corrected chi connectivity index (χ0v) is 14.4. The van der Waals surface area contributed by atoms with Crippen LogP contribution < -0.4 is 10.9 Å². The maximum atomic E-state index is 12.3. The second-order valence-corrected chi connectivity index (χ2v) is 6.04. The topological polar surface area (TPSA) is 74.8 Å². The molecule has 0 atom stereocenters. The van der Waals surface area contributed by atoms with Crippen molar-refractivity contribution in [2.24, 2.45) is 0 Å². The number of aromatic amines is 1. The number of hydrogen-bond acceptors (Lipinski definition) is 3. The number of hydrogen-bond donors (Lipinski definition) is 2. The third kappa shape index (κ3) is 3.76. The van der Waals surface area contributed by atoms with Gasteiger partial charge in [0.25, 0.3) is 5.56 Å². The Morgan fingerprint density at radius 2 is 1.96 bits per heavy atom. The molecule has 0 saturated heterocycles. The SMILES string of the molecule is CCc1cccc(C)c1NC(=O)CCc1nc2ccccc2[nH]c1=O. The van der Waals surface area contributed by atoms with Crippen molar-refractivity contribution in [2.45, 2.75) is 33.1 Å². The number of nitrogens with one attached hydrogen (secondary N) is 2. The molecule has 5 nitrogen and oxygen atoms in total. The Hall–Kier alpha value is -2.95.